The summed E-state index contributed by atoms with van der Waals surface area (Å²) in [6.45, 7) is 4.84. The highest BCUT2D eigenvalue weighted by Gasteiger charge is 1.97. The van der Waals surface area contributed by atoms with Crippen LogP contribution in [-0.2, 0) is 11.4 Å². The van der Waals surface area contributed by atoms with Gasteiger partial charge < -0.3 is 14.9 Å². The molecule has 0 aliphatic heterocycles. The van der Waals surface area contributed by atoms with Crippen molar-refractivity contribution in [1.82, 2.24) is 15.5 Å². The third kappa shape index (κ3) is 8.27. The van der Waals surface area contributed by atoms with E-state index in [1.54, 1.807) is 12.3 Å². The molecule has 0 aliphatic rings. The molecule has 0 bridgehead atoms. The molecule has 1 aromatic heterocycles. The second-order valence-electron chi connectivity index (χ2n) is 5.65. The van der Waals surface area contributed by atoms with Crippen LogP contribution in [0.3, 0.4) is 0 Å². The lowest BCUT2D eigenvalue weighted by molar-refractivity contribution is 0.160. The fraction of sp³-hybridized carbons (Fsp3) is 0.421. The molecule has 26 heavy (non-hydrogen) atoms. The quantitative estimate of drug-likeness (QED) is 0.346. The monoisotopic (exact) mass is 376 g/mol. The maximum Gasteiger partial charge on any atom is 0.151 e. The highest BCUT2D eigenvalue weighted by molar-refractivity contribution is 6.29. The molecule has 0 atom stereocenters. The summed E-state index contributed by atoms with van der Waals surface area (Å²) in [6, 6.07) is 11.4. The molecule has 1 aromatic carbocycles. The Morgan fingerprint density at radius 1 is 1.08 bits per heavy atom. The van der Waals surface area contributed by atoms with E-state index in [4.69, 9.17) is 21.2 Å². The Labute approximate surface area is 159 Å². The van der Waals surface area contributed by atoms with Crippen LogP contribution in [0.2, 0.25) is 5.15 Å². The number of rotatable bonds is 12. The zero-order valence-corrected chi connectivity index (χ0v) is 15.8. The third-order valence-corrected chi connectivity index (χ3v) is 3.75. The molecule has 2 rings (SSSR count). The number of nitrogens with one attached hydrogen (secondary N) is 1. The highest BCUT2D eigenvalue weighted by Crippen LogP contribution is 2.12. The van der Waals surface area contributed by atoms with E-state index >= 15 is 0 Å². The molecule has 0 amide bonds. The van der Waals surface area contributed by atoms with Gasteiger partial charge in [0, 0.05) is 6.54 Å². The average molecular weight is 377 g/mol. The number of ether oxygens (including phenoxy) is 1. The van der Waals surface area contributed by atoms with Gasteiger partial charge in [-0.25, -0.2) is 0 Å². The van der Waals surface area contributed by atoms with Crippen LogP contribution < -0.4 is 10.1 Å². The second-order valence-corrected chi connectivity index (χ2v) is 6.04. The molecule has 0 radical (unpaired) electrons. The van der Waals surface area contributed by atoms with E-state index in [0.29, 0.717) is 18.3 Å². The standard InChI is InChI=1S/C19H25ClN4O2/c1-2-26-22-14-16-6-9-18(10-7-16)25-13-5-3-4-12-21-15-17-8-11-19(20)24-23-17/h6-11,14,21H,2-5,12-13,15H2,1H3/b22-14+. The van der Waals surface area contributed by atoms with Crippen molar-refractivity contribution in [3.63, 3.8) is 0 Å². The lowest BCUT2D eigenvalue weighted by atomic mass is 10.2. The summed E-state index contributed by atoms with van der Waals surface area (Å²) < 4.78 is 5.75. The summed E-state index contributed by atoms with van der Waals surface area (Å²) in [5.41, 5.74) is 1.88. The highest BCUT2D eigenvalue weighted by atomic mass is 35.5. The maximum absolute atomic E-state index is 5.75. The minimum Gasteiger partial charge on any atom is -0.494 e. The normalized spacial score (nSPS) is 11.0. The largest absolute Gasteiger partial charge is 0.494 e. The smallest absolute Gasteiger partial charge is 0.151 e. The molecule has 0 fully saturated rings. The Bertz CT molecular complexity index is 648. The Morgan fingerprint density at radius 2 is 1.92 bits per heavy atom. The molecule has 0 aliphatic carbocycles. The first-order chi connectivity index (χ1) is 12.8. The van der Waals surface area contributed by atoms with Gasteiger partial charge in [-0.2, -0.15) is 5.10 Å². The SMILES string of the molecule is CCO/N=C/c1ccc(OCCCCCNCc2ccc(Cl)nn2)cc1. The molecular formula is C19H25ClN4O2. The van der Waals surface area contributed by atoms with E-state index in [0.717, 1.165) is 49.4 Å². The van der Waals surface area contributed by atoms with Gasteiger partial charge in [0.25, 0.3) is 0 Å². The van der Waals surface area contributed by atoms with Crippen molar-refractivity contribution < 1.29 is 9.57 Å². The number of hydrogen-bond donors (Lipinski definition) is 1. The third-order valence-electron chi connectivity index (χ3n) is 3.55. The molecule has 7 heteroatoms. The summed E-state index contributed by atoms with van der Waals surface area (Å²) in [7, 11) is 0. The number of benzene rings is 1. The Kier molecular flexibility index (Phi) is 9.46. The Hall–Kier alpha value is -2.18. The summed E-state index contributed by atoms with van der Waals surface area (Å²) >= 11 is 5.70. The fourth-order valence-corrected chi connectivity index (χ4v) is 2.30. The van der Waals surface area contributed by atoms with Gasteiger partial charge in [-0.1, -0.05) is 16.8 Å². The molecule has 0 saturated heterocycles. The number of aromatic nitrogens is 2. The predicted molar refractivity (Wildman–Crippen MR) is 104 cm³/mol. The first-order valence-corrected chi connectivity index (χ1v) is 9.22. The molecule has 0 saturated carbocycles. The number of hydrogen-bond acceptors (Lipinski definition) is 6. The van der Waals surface area contributed by atoms with Gasteiger partial charge in [0.15, 0.2) is 5.15 Å². The minimum absolute atomic E-state index is 0.419. The molecule has 1 N–H and O–H groups in total. The molecular weight excluding hydrogens is 352 g/mol. The molecule has 140 valence electrons. The minimum atomic E-state index is 0.419. The molecule has 1 heterocycles. The van der Waals surface area contributed by atoms with E-state index in [2.05, 4.69) is 20.7 Å². The Balaban J connectivity index is 1.50. The van der Waals surface area contributed by atoms with Crippen LogP contribution in [0.5, 0.6) is 5.75 Å². The summed E-state index contributed by atoms with van der Waals surface area (Å²) in [5, 5.41) is 15.4. The van der Waals surface area contributed by atoms with Crippen molar-refractivity contribution in [2.45, 2.75) is 32.7 Å². The van der Waals surface area contributed by atoms with Crippen LogP contribution in [-0.4, -0.2) is 36.2 Å². The van der Waals surface area contributed by atoms with Crippen molar-refractivity contribution in [3.05, 3.63) is 52.8 Å². The van der Waals surface area contributed by atoms with Crippen LogP contribution in [0.15, 0.2) is 41.6 Å². The van der Waals surface area contributed by atoms with Gasteiger partial charge in [0.1, 0.15) is 12.4 Å². The topological polar surface area (TPSA) is 68.6 Å². The lowest BCUT2D eigenvalue weighted by Gasteiger charge is -2.07. The number of oxime groups is 1. The number of nitrogens with zero attached hydrogens (tertiary/aromatic N) is 3. The van der Waals surface area contributed by atoms with E-state index in [-0.39, 0.29) is 0 Å². The van der Waals surface area contributed by atoms with Gasteiger partial charge in [0.05, 0.1) is 18.5 Å². The van der Waals surface area contributed by atoms with Gasteiger partial charge in [0.2, 0.25) is 0 Å². The molecule has 6 nitrogen and oxygen atoms in total. The first-order valence-electron chi connectivity index (χ1n) is 8.85. The van der Waals surface area contributed by atoms with Crippen molar-refractivity contribution in [2.24, 2.45) is 5.16 Å². The summed E-state index contributed by atoms with van der Waals surface area (Å²) in [4.78, 5) is 4.94. The van der Waals surface area contributed by atoms with Crippen LogP contribution >= 0.6 is 11.6 Å². The van der Waals surface area contributed by atoms with Gasteiger partial charge in [-0.15, -0.1) is 5.10 Å². The Morgan fingerprint density at radius 3 is 2.65 bits per heavy atom. The van der Waals surface area contributed by atoms with E-state index < -0.39 is 0 Å². The number of unbranched alkanes of at least 4 members (excludes halogenated alkanes) is 2. The molecule has 2 aromatic rings. The van der Waals surface area contributed by atoms with Crippen molar-refractivity contribution in [1.29, 1.82) is 0 Å². The molecule has 0 unspecified atom stereocenters. The van der Waals surface area contributed by atoms with Crippen LogP contribution in [0.4, 0.5) is 0 Å². The van der Waals surface area contributed by atoms with Gasteiger partial charge >= 0.3 is 0 Å². The summed E-state index contributed by atoms with van der Waals surface area (Å²) in [5.74, 6) is 0.873. The zero-order valence-electron chi connectivity index (χ0n) is 15.0. The zero-order chi connectivity index (χ0) is 18.5. The second kappa shape index (κ2) is 12.2. The van der Waals surface area contributed by atoms with Crippen molar-refractivity contribution in [2.75, 3.05) is 19.8 Å². The predicted octanol–water partition coefficient (Wildman–Crippen LogP) is 3.84. The van der Waals surface area contributed by atoms with Gasteiger partial charge in [-0.3, -0.25) is 0 Å². The van der Waals surface area contributed by atoms with Crippen LogP contribution in [0.25, 0.3) is 0 Å². The van der Waals surface area contributed by atoms with Crippen LogP contribution in [0, 0.1) is 0 Å². The summed E-state index contributed by atoms with van der Waals surface area (Å²) in [6.07, 6.45) is 4.92. The first kappa shape index (κ1) is 20.1. The van der Waals surface area contributed by atoms with Crippen molar-refractivity contribution in [3.8, 4) is 5.75 Å². The van der Waals surface area contributed by atoms with E-state index in [9.17, 15) is 0 Å². The van der Waals surface area contributed by atoms with E-state index in [1.165, 1.54) is 0 Å². The fourth-order valence-electron chi connectivity index (χ4n) is 2.20. The van der Waals surface area contributed by atoms with Crippen LogP contribution in [0.1, 0.15) is 37.4 Å². The average Bonchev–Trinajstić information content (AvgIpc) is 2.67. The van der Waals surface area contributed by atoms with Gasteiger partial charge in [-0.05, 0) is 74.7 Å². The number of halogens is 1. The lowest BCUT2D eigenvalue weighted by Crippen LogP contribution is -2.16. The molecule has 0 spiro atoms. The van der Waals surface area contributed by atoms with E-state index in [1.807, 2.05) is 37.3 Å². The van der Waals surface area contributed by atoms with Crippen molar-refractivity contribution >= 4 is 17.8 Å². The maximum atomic E-state index is 5.75.